The fourth-order valence-electron chi connectivity index (χ4n) is 10.4. The number of nitrogens with zero attached hydrogens (tertiary/aromatic N) is 12. The van der Waals surface area contributed by atoms with E-state index < -0.39 is 7.12 Å². The SMILES string of the molecule is CC1(C)OB(c2cc(N)ncn2)OC1(C)C.CN1CCCC(c2c(C(=O)N3CCC3)c(Cl)cc3c(-c4cc(N)ncn4)nn(C)c23)C1.CN1CCCC(c2c(C(=O)N3CCC3)c(Cl)cc3c(Br)nn(C)c23)C1. The number of likely N-dealkylation sites (tertiary alicyclic amines) is 4. The van der Waals surface area contributed by atoms with Gasteiger partial charge in [0, 0.05) is 70.2 Å². The summed E-state index contributed by atoms with van der Waals surface area (Å²) < 4.78 is 16.2. The van der Waals surface area contributed by atoms with Gasteiger partial charge in [-0.15, -0.1) is 0 Å². The number of nitrogens with two attached hydrogens (primary N) is 2. The minimum absolute atomic E-state index is 0.0235. The molecule has 0 bridgehead atoms. The Kier molecular flexibility index (Phi) is 15.0. The van der Waals surface area contributed by atoms with Crippen molar-refractivity contribution in [3.8, 4) is 11.4 Å². The number of benzene rings is 2. The highest BCUT2D eigenvalue weighted by molar-refractivity contribution is 9.10. The third-order valence-electron chi connectivity index (χ3n) is 15.1. The lowest BCUT2D eigenvalue weighted by molar-refractivity contribution is 0.00578. The number of hydrogen-bond donors (Lipinski definition) is 2. The van der Waals surface area contributed by atoms with Gasteiger partial charge in [-0.1, -0.05) is 23.2 Å². The quantitative estimate of drug-likeness (QED) is 0.163. The van der Waals surface area contributed by atoms with Crippen molar-refractivity contribution in [3.05, 3.63) is 73.8 Å². The number of hydrogen-bond acceptors (Lipinski definition) is 14. The average molecular weight is 1090 g/mol. The third-order valence-corrected chi connectivity index (χ3v) is 16.3. The fraction of sp³-hybridized carbons (Fsp3) is 0.520. The van der Waals surface area contributed by atoms with Crippen LogP contribution in [0.1, 0.15) is 110 Å². The third kappa shape index (κ3) is 10.2. The van der Waals surface area contributed by atoms with Crippen LogP contribution in [0, 0.1) is 0 Å². The number of carbonyl (C=O) groups excluding carboxylic acids is 2. The molecular formula is C50H64BBrCl2N14O4. The Morgan fingerprint density at radius 3 is 1.60 bits per heavy atom. The molecule has 72 heavy (non-hydrogen) atoms. The molecule has 0 spiro atoms. The van der Waals surface area contributed by atoms with Crippen LogP contribution < -0.4 is 17.1 Å². The number of aryl methyl sites for hydroxylation is 2. The zero-order valence-corrected chi connectivity index (χ0v) is 45.5. The van der Waals surface area contributed by atoms with Crippen molar-refractivity contribution in [3.63, 3.8) is 0 Å². The molecule has 18 nitrogen and oxygen atoms in total. The van der Waals surface area contributed by atoms with E-state index in [1.165, 1.54) is 12.7 Å². The Labute approximate surface area is 439 Å². The molecule has 0 saturated carbocycles. The molecule has 9 heterocycles. The monoisotopic (exact) mass is 1080 g/mol. The number of aromatic nitrogens is 8. The predicted octanol–water partition coefficient (Wildman–Crippen LogP) is 6.92. The molecule has 5 saturated heterocycles. The highest BCUT2D eigenvalue weighted by Crippen LogP contribution is 2.43. The summed E-state index contributed by atoms with van der Waals surface area (Å²) in [7, 11) is 7.65. The predicted molar refractivity (Wildman–Crippen MR) is 287 cm³/mol. The van der Waals surface area contributed by atoms with E-state index in [9.17, 15) is 9.59 Å². The number of anilines is 2. The second kappa shape index (κ2) is 20.7. The molecule has 4 N–H and O–H groups in total. The number of amides is 2. The Morgan fingerprint density at radius 2 is 1.12 bits per heavy atom. The lowest BCUT2D eigenvalue weighted by Gasteiger charge is -2.35. The molecular weight excluding hydrogens is 1020 g/mol. The van der Waals surface area contributed by atoms with Crippen LogP contribution in [0.5, 0.6) is 0 Å². The summed E-state index contributed by atoms with van der Waals surface area (Å²) in [5, 5.41) is 12.2. The summed E-state index contributed by atoms with van der Waals surface area (Å²) in [4.78, 5) is 51.3. The molecule has 5 aliphatic heterocycles. The summed E-state index contributed by atoms with van der Waals surface area (Å²) in [6.07, 6.45) is 9.26. The Morgan fingerprint density at radius 1 is 0.653 bits per heavy atom. The van der Waals surface area contributed by atoms with E-state index >= 15 is 0 Å². The van der Waals surface area contributed by atoms with Crippen molar-refractivity contribution in [1.82, 2.24) is 59.1 Å². The molecule has 0 aliphatic carbocycles. The summed E-state index contributed by atoms with van der Waals surface area (Å²) in [5.41, 5.74) is 18.1. The van der Waals surface area contributed by atoms with Crippen LogP contribution in [0.15, 0.2) is 41.5 Å². The molecule has 2 unspecified atom stereocenters. The van der Waals surface area contributed by atoms with Crippen LogP contribution in [-0.4, -0.2) is 156 Å². The second-order valence-corrected chi connectivity index (χ2v) is 22.3. The Hall–Kier alpha value is -4.96. The first-order valence-corrected chi connectivity index (χ1v) is 26.3. The number of halogens is 3. The van der Waals surface area contributed by atoms with E-state index in [0.717, 1.165) is 128 Å². The van der Waals surface area contributed by atoms with E-state index in [1.54, 1.807) is 12.1 Å². The molecule has 2 atom stereocenters. The van der Waals surface area contributed by atoms with E-state index in [0.29, 0.717) is 55.7 Å². The van der Waals surface area contributed by atoms with Gasteiger partial charge in [-0.2, -0.15) is 10.2 Å². The largest absolute Gasteiger partial charge is 0.514 e. The minimum atomic E-state index is -0.477. The topological polar surface area (TPSA) is 205 Å². The van der Waals surface area contributed by atoms with Crippen LogP contribution in [0.25, 0.3) is 33.2 Å². The number of piperidine rings is 2. The zero-order valence-electron chi connectivity index (χ0n) is 42.4. The van der Waals surface area contributed by atoms with Gasteiger partial charge in [-0.05, 0) is 150 Å². The average Bonchev–Trinajstić information content (AvgIpc) is 3.85. The van der Waals surface area contributed by atoms with E-state index in [2.05, 4.69) is 64.9 Å². The first kappa shape index (κ1) is 51.9. The molecule has 22 heteroatoms. The van der Waals surface area contributed by atoms with Crippen molar-refractivity contribution in [2.45, 2.75) is 89.3 Å². The smallest absolute Gasteiger partial charge is 0.398 e. The maximum Gasteiger partial charge on any atom is 0.514 e. The molecule has 2 amide bonds. The minimum Gasteiger partial charge on any atom is -0.398 e. The first-order valence-electron chi connectivity index (χ1n) is 24.7. The van der Waals surface area contributed by atoms with Gasteiger partial charge in [0.05, 0.1) is 54.7 Å². The molecule has 5 fully saturated rings. The van der Waals surface area contributed by atoms with Crippen molar-refractivity contribution < 1.29 is 18.9 Å². The van der Waals surface area contributed by atoms with Gasteiger partial charge >= 0.3 is 7.12 Å². The first-order chi connectivity index (χ1) is 34.2. The maximum atomic E-state index is 13.4. The van der Waals surface area contributed by atoms with Crippen molar-refractivity contribution in [1.29, 1.82) is 0 Å². The van der Waals surface area contributed by atoms with Crippen LogP contribution in [0.3, 0.4) is 0 Å². The van der Waals surface area contributed by atoms with Crippen LogP contribution in [0.2, 0.25) is 10.0 Å². The van der Waals surface area contributed by atoms with Gasteiger partial charge in [0.25, 0.3) is 11.8 Å². The number of carbonyl (C=O) groups is 2. The number of nitrogen functional groups attached to an aromatic ring is 2. The normalized spacial score (nSPS) is 20.9. The summed E-state index contributed by atoms with van der Waals surface area (Å²) in [5.74, 6) is 1.39. The second-order valence-electron chi connectivity index (χ2n) is 20.8. The lowest BCUT2D eigenvalue weighted by Crippen LogP contribution is -2.43. The van der Waals surface area contributed by atoms with Gasteiger partial charge in [0.15, 0.2) is 0 Å². The number of rotatable bonds is 6. The number of fused-ring (bicyclic) bond motifs is 2. The maximum absolute atomic E-state index is 13.4. The van der Waals surface area contributed by atoms with Crippen LogP contribution in [0.4, 0.5) is 11.6 Å². The number of likely N-dealkylation sites (N-methyl/N-ethyl adjacent to an activating group) is 2. The fourth-order valence-corrected chi connectivity index (χ4v) is 11.5. The molecule has 2 aromatic carbocycles. The van der Waals surface area contributed by atoms with Gasteiger partial charge < -0.3 is 40.4 Å². The van der Waals surface area contributed by atoms with Crippen LogP contribution >= 0.6 is 39.1 Å². The summed E-state index contributed by atoms with van der Waals surface area (Å²) in [6, 6.07) is 7.13. The van der Waals surface area contributed by atoms with Crippen molar-refractivity contribution in [2.24, 2.45) is 14.1 Å². The highest BCUT2D eigenvalue weighted by atomic mass is 79.9. The zero-order chi connectivity index (χ0) is 51.4. The molecule has 11 rings (SSSR count). The molecule has 0 radical (unpaired) electrons. The van der Waals surface area contributed by atoms with Crippen molar-refractivity contribution >= 4 is 97.1 Å². The van der Waals surface area contributed by atoms with E-state index in [-0.39, 0.29) is 28.9 Å². The van der Waals surface area contributed by atoms with Gasteiger partial charge in [-0.25, -0.2) is 19.9 Å². The van der Waals surface area contributed by atoms with E-state index in [1.807, 2.05) is 73.1 Å². The van der Waals surface area contributed by atoms with Crippen LogP contribution in [-0.2, 0) is 23.4 Å². The Balaban J connectivity index is 0.000000140. The standard InChI is InChI=1S/C22H26ClN7O.C18H22BrClN4O.C10H16BN3O2/c1-28-6-3-5-13(11-28)18-19(22(31)30-7-4-8-30)15(23)9-14-20(27-29(2)21(14)18)16-10-17(24)26-12-25-16;1-22-6-3-5-11(10-22)14-15(18(25)24-7-4-8-24)13(20)9-12-16(14)23(2)21-17(12)19;1-9(2)10(3,4)16-11(15-9)7-5-8(12)14-6-13-7/h9-10,12-13H,3-8,11H2,1-2H3,(H2,24,25,26);9,11H,3-8,10H2,1-2H3;5-6H,1-4H3,(H2,12,13,14). The molecule has 4 aromatic heterocycles. The van der Waals surface area contributed by atoms with E-state index in [4.69, 9.17) is 49.1 Å². The summed E-state index contributed by atoms with van der Waals surface area (Å²) in [6.45, 7) is 15.2. The van der Waals surface area contributed by atoms with Gasteiger partial charge in [0.1, 0.15) is 34.6 Å². The van der Waals surface area contributed by atoms with Gasteiger partial charge in [-0.3, -0.25) is 19.0 Å². The lowest BCUT2D eigenvalue weighted by atomic mass is 9.84. The molecule has 6 aromatic rings. The van der Waals surface area contributed by atoms with Gasteiger partial charge in [0.2, 0.25) is 0 Å². The van der Waals surface area contributed by atoms with Crippen molar-refractivity contribution in [2.75, 3.05) is 77.9 Å². The molecule has 5 aliphatic rings. The summed E-state index contributed by atoms with van der Waals surface area (Å²) >= 11 is 17.0. The molecule has 382 valence electrons. The Bertz CT molecular complexity index is 3020. The highest BCUT2D eigenvalue weighted by Gasteiger charge is 2.52.